The van der Waals surface area contributed by atoms with Gasteiger partial charge in [-0.3, -0.25) is 4.79 Å². The number of methoxy groups -OCH3 is 2. The van der Waals surface area contributed by atoms with Crippen LogP contribution in [0.5, 0.6) is 11.5 Å². The number of nitrogens with zero attached hydrogens (tertiary/aromatic N) is 1. The average molecular weight is 625 g/mol. The average Bonchev–Trinajstić information content (AvgIpc) is 2.72. The van der Waals surface area contributed by atoms with E-state index in [4.69, 9.17) is 14.6 Å². The number of rotatable bonds is 5. The maximum Gasteiger partial charge on any atom is 0.155 e. The number of ether oxygens (including phenoxy) is 2. The molecule has 1 heterocycles. The van der Waals surface area contributed by atoms with Gasteiger partial charge < -0.3 is 19.6 Å². The minimum atomic E-state index is -0.125. The third kappa shape index (κ3) is 7.85. The number of benzene rings is 2. The zero-order valence-electron chi connectivity index (χ0n) is 20.1. The molecule has 1 radical (unpaired) electrons. The van der Waals surface area contributed by atoms with E-state index in [1.165, 1.54) is 42.2 Å². The van der Waals surface area contributed by atoms with E-state index in [0.29, 0.717) is 11.5 Å². The molecule has 3 aromatic rings. The van der Waals surface area contributed by atoms with Crippen LogP contribution in [0.4, 0.5) is 0 Å². The second kappa shape index (κ2) is 12.9. The molecule has 0 spiro atoms. The first-order valence-electron chi connectivity index (χ1n) is 10.2. The van der Waals surface area contributed by atoms with Crippen molar-refractivity contribution in [1.82, 2.24) is 4.98 Å². The van der Waals surface area contributed by atoms with Gasteiger partial charge in [-0.2, -0.15) is 0 Å². The van der Waals surface area contributed by atoms with Gasteiger partial charge in [-0.1, -0.05) is 35.4 Å². The van der Waals surface area contributed by atoms with Crippen LogP contribution in [0.1, 0.15) is 30.5 Å². The molecule has 0 saturated carbocycles. The van der Waals surface area contributed by atoms with Crippen molar-refractivity contribution >= 4 is 5.78 Å². The first-order chi connectivity index (χ1) is 15.2. The zero-order chi connectivity index (χ0) is 23.8. The fourth-order valence-corrected chi connectivity index (χ4v) is 3.59. The minimum absolute atomic E-state index is 0. The smallest absolute Gasteiger partial charge is 0.155 e. The number of aliphatic hydroxyl groups is 1. The molecule has 6 heteroatoms. The van der Waals surface area contributed by atoms with Crippen LogP contribution in [-0.2, 0) is 24.9 Å². The summed E-state index contributed by atoms with van der Waals surface area (Å²) < 4.78 is 10.8. The van der Waals surface area contributed by atoms with E-state index >= 15 is 0 Å². The number of hydrogen-bond acceptors (Lipinski definition) is 5. The molecule has 0 bridgehead atoms. The predicted molar refractivity (Wildman–Crippen MR) is 128 cm³/mol. The van der Waals surface area contributed by atoms with E-state index in [1.807, 2.05) is 18.3 Å². The molecule has 3 rings (SSSR count). The summed E-state index contributed by atoms with van der Waals surface area (Å²) in [4.78, 5) is 14.5. The first-order valence-corrected chi connectivity index (χ1v) is 10.2. The van der Waals surface area contributed by atoms with Crippen LogP contribution in [0.15, 0.2) is 54.4 Å². The van der Waals surface area contributed by atoms with Crippen LogP contribution in [0.2, 0.25) is 0 Å². The van der Waals surface area contributed by atoms with Gasteiger partial charge in [-0.25, -0.2) is 0 Å². The second-order valence-corrected chi connectivity index (χ2v) is 7.58. The fraction of sp³-hybridized carbons (Fsp3) is 0.259. The summed E-state index contributed by atoms with van der Waals surface area (Å²) in [5, 5.41) is 8.36. The van der Waals surface area contributed by atoms with Gasteiger partial charge in [0.25, 0.3) is 0 Å². The van der Waals surface area contributed by atoms with E-state index in [2.05, 4.69) is 50.0 Å². The van der Waals surface area contributed by atoms with Crippen molar-refractivity contribution in [3.63, 3.8) is 0 Å². The third-order valence-electron chi connectivity index (χ3n) is 4.73. The number of carbonyl (C=O) groups excluding carboxylic acids is 1. The predicted octanol–water partition coefficient (Wildman–Crippen LogP) is 6.19. The van der Waals surface area contributed by atoms with Crippen LogP contribution < -0.4 is 9.47 Å². The summed E-state index contributed by atoms with van der Waals surface area (Å²) in [6.07, 6.45) is 3.00. The number of hydrogen-bond donors (Lipinski definition) is 1. The van der Waals surface area contributed by atoms with E-state index in [0.717, 1.165) is 16.8 Å². The number of carbonyl (C=O) groups is 1. The SMILES string of the molecule is CC(=O)/C=C(/C)O.COc1c[c-]c(-c2cc(-c3c(C)cc(C)cc3C)ccn2)c(OC)c1.[Ir]. The van der Waals surface area contributed by atoms with Gasteiger partial charge in [0.1, 0.15) is 0 Å². The second-order valence-electron chi connectivity index (χ2n) is 7.58. The van der Waals surface area contributed by atoms with Crippen molar-refractivity contribution in [2.45, 2.75) is 34.6 Å². The Hall–Kier alpha value is -2.95. The van der Waals surface area contributed by atoms with Gasteiger partial charge in [-0.15, -0.1) is 12.1 Å². The minimum Gasteiger partial charge on any atom is -0.540 e. The van der Waals surface area contributed by atoms with E-state index in [1.54, 1.807) is 20.3 Å². The Kier molecular flexibility index (Phi) is 11.0. The van der Waals surface area contributed by atoms with Crippen LogP contribution >= 0.6 is 0 Å². The molecule has 0 aliphatic heterocycles. The summed E-state index contributed by atoms with van der Waals surface area (Å²) in [6.45, 7) is 9.27. The van der Waals surface area contributed by atoms with E-state index < -0.39 is 0 Å². The van der Waals surface area contributed by atoms with Gasteiger partial charge in [-0.05, 0) is 68.6 Å². The molecule has 0 atom stereocenters. The van der Waals surface area contributed by atoms with Gasteiger partial charge in [0.05, 0.1) is 20.0 Å². The Balaban J connectivity index is 0.000000595. The zero-order valence-corrected chi connectivity index (χ0v) is 22.5. The quantitative estimate of drug-likeness (QED) is 0.208. The molecule has 177 valence electrons. The van der Waals surface area contributed by atoms with Crippen LogP contribution in [0.25, 0.3) is 22.4 Å². The molecule has 0 saturated heterocycles. The summed E-state index contributed by atoms with van der Waals surface area (Å²) in [7, 11) is 3.27. The summed E-state index contributed by atoms with van der Waals surface area (Å²) in [5.74, 6) is 1.34. The van der Waals surface area contributed by atoms with Gasteiger partial charge >= 0.3 is 0 Å². The number of aryl methyl sites for hydroxylation is 3. The Morgan fingerprint density at radius 1 is 1.03 bits per heavy atom. The van der Waals surface area contributed by atoms with Gasteiger partial charge in [0.15, 0.2) is 5.78 Å². The largest absolute Gasteiger partial charge is 0.540 e. The van der Waals surface area contributed by atoms with Crippen molar-refractivity contribution < 1.29 is 39.5 Å². The standard InChI is InChI=1S/C22H22NO2.C5H8O2.Ir/c1-14-10-15(2)22(16(3)11-14)17-8-9-23-20(12-17)19-7-6-18(24-4)13-21(19)25-5;1-4(6)3-5(2)7;/h6,8-13H,1-5H3;3,6H,1-2H3;/q-1;;/b;4-3-;. The van der Waals surface area contributed by atoms with Crippen molar-refractivity contribution in [3.8, 4) is 33.9 Å². The number of aliphatic hydroxyl groups excluding tert-OH is 1. The number of pyridine rings is 1. The van der Waals surface area contributed by atoms with Crippen molar-refractivity contribution in [1.29, 1.82) is 0 Å². The topological polar surface area (TPSA) is 68.7 Å². The van der Waals surface area contributed by atoms with Gasteiger partial charge in [0.2, 0.25) is 0 Å². The molecule has 1 N–H and O–H groups in total. The molecule has 33 heavy (non-hydrogen) atoms. The number of ketones is 1. The van der Waals surface area contributed by atoms with E-state index in [9.17, 15) is 4.79 Å². The van der Waals surface area contributed by atoms with Crippen LogP contribution in [0, 0.1) is 26.8 Å². The molecule has 1 aromatic heterocycles. The van der Waals surface area contributed by atoms with E-state index in [-0.39, 0.29) is 31.6 Å². The normalized spacial score (nSPS) is 10.5. The maximum atomic E-state index is 10.0. The summed E-state index contributed by atoms with van der Waals surface area (Å²) in [6, 6.07) is 15.4. The third-order valence-corrected chi connectivity index (χ3v) is 4.73. The first kappa shape index (κ1) is 28.1. The number of allylic oxidation sites excluding steroid dienone is 2. The molecule has 2 aromatic carbocycles. The Morgan fingerprint density at radius 3 is 2.15 bits per heavy atom. The summed E-state index contributed by atoms with van der Waals surface area (Å²) >= 11 is 0. The molecular formula is C27H30IrNO4-. The Labute approximate surface area is 209 Å². The molecular weight excluding hydrogens is 595 g/mol. The molecule has 0 amide bonds. The monoisotopic (exact) mass is 625 g/mol. The molecule has 0 unspecified atom stereocenters. The van der Waals surface area contributed by atoms with Crippen molar-refractivity contribution in [2.24, 2.45) is 0 Å². The van der Waals surface area contributed by atoms with Gasteiger partial charge in [0, 0.05) is 43.9 Å². The van der Waals surface area contributed by atoms with Crippen molar-refractivity contribution in [2.75, 3.05) is 14.2 Å². The molecule has 5 nitrogen and oxygen atoms in total. The van der Waals surface area contributed by atoms with Crippen molar-refractivity contribution in [3.05, 3.63) is 77.2 Å². The molecule has 0 fully saturated rings. The Morgan fingerprint density at radius 2 is 1.67 bits per heavy atom. The fourth-order valence-electron chi connectivity index (χ4n) is 3.59. The van der Waals surface area contributed by atoms with Crippen LogP contribution in [-0.4, -0.2) is 30.1 Å². The molecule has 0 aliphatic rings. The molecule has 0 aliphatic carbocycles. The summed E-state index contributed by atoms with van der Waals surface area (Å²) in [5.41, 5.74) is 7.86. The van der Waals surface area contributed by atoms with Crippen LogP contribution in [0.3, 0.4) is 0 Å². The Bertz CT molecular complexity index is 1110. The maximum absolute atomic E-state index is 10.0. The number of aromatic nitrogens is 1.